The van der Waals surface area contributed by atoms with Gasteiger partial charge < -0.3 is 20.5 Å². The second-order valence-corrected chi connectivity index (χ2v) is 13.3. The monoisotopic (exact) mass is 666 g/mol. The highest BCUT2D eigenvalue weighted by molar-refractivity contribution is 6.12. The Morgan fingerprint density at radius 3 is 1.10 bits per heavy atom. The van der Waals surface area contributed by atoms with E-state index in [2.05, 4.69) is 209 Å². The van der Waals surface area contributed by atoms with E-state index in [9.17, 15) is 0 Å². The number of aromatic nitrogens is 1. The van der Waals surface area contributed by atoms with Crippen LogP contribution in [0, 0.1) is 0 Å². The zero-order valence-corrected chi connectivity index (χ0v) is 28.3. The largest absolute Gasteiger partial charge is 0.355 e. The van der Waals surface area contributed by atoms with E-state index in [0.29, 0.717) is 0 Å². The highest BCUT2D eigenvalue weighted by Gasteiger charge is 2.15. The molecule has 0 radical (unpaired) electrons. The van der Waals surface area contributed by atoms with Crippen LogP contribution in [0.5, 0.6) is 0 Å². The number of benzene rings is 9. The summed E-state index contributed by atoms with van der Waals surface area (Å²) in [5.41, 5.74) is 9.82. The molecule has 4 heteroatoms. The predicted octanol–water partition coefficient (Wildman–Crippen LogP) is 13.5. The van der Waals surface area contributed by atoms with Gasteiger partial charge in [-0.25, -0.2) is 0 Å². The third-order valence-corrected chi connectivity index (χ3v) is 10.1. The number of hydrogen-bond donors (Lipinski definition) is 3. The van der Waals surface area contributed by atoms with E-state index in [-0.39, 0.29) is 0 Å². The van der Waals surface area contributed by atoms with E-state index in [1.165, 1.54) is 43.1 Å². The summed E-state index contributed by atoms with van der Waals surface area (Å²) in [5, 5.41) is 20.7. The molecule has 1 aromatic heterocycles. The first-order chi connectivity index (χ1) is 25.7. The van der Waals surface area contributed by atoms with Crippen LogP contribution in [-0.4, -0.2) is 4.57 Å². The van der Waals surface area contributed by atoms with Crippen LogP contribution in [0.4, 0.5) is 34.1 Å². The van der Waals surface area contributed by atoms with Gasteiger partial charge in [0, 0.05) is 66.7 Å². The van der Waals surface area contributed by atoms with Crippen LogP contribution >= 0.6 is 0 Å². The van der Waals surface area contributed by atoms with Crippen molar-refractivity contribution in [1.29, 1.82) is 0 Å². The summed E-state index contributed by atoms with van der Waals surface area (Å²) in [5.74, 6) is 0. The maximum absolute atomic E-state index is 3.74. The second kappa shape index (κ2) is 12.4. The standard InChI is InChI=1S/C48H34N4/c1-4-16-39-32(10-1)13-7-19-44(39)49-35-22-26-38(27-23-35)52-47-28-24-36(50-45-20-8-14-33-11-2-5-17-40(33)45)30-42(47)43-31-37(25-29-48(43)52)51-46-21-9-15-34-12-3-6-18-41(34)46/h1-31,49-51H. The molecule has 0 saturated carbocycles. The Kier molecular flexibility index (Phi) is 7.10. The van der Waals surface area contributed by atoms with Crippen LogP contribution < -0.4 is 16.0 Å². The van der Waals surface area contributed by atoms with Crippen molar-refractivity contribution < 1.29 is 0 Å². The maximum atomic E-state index is 3.74. The minimum Gasteiger partial charge on any atom is -0.355 e. The molecule has 10 rings (SSSR count). The molecule has 1 heterocycles. The van der Waals surface area contributed by atoms with Gasteiger partial charge in [-0.2, -0.15) is 0 Å². The molecule has 0 bridgehead atoms. The third kappa shape index (κ3) is 5.26. The van der Waals surface area contributed by atoms with Crippen LogP contribution in [-0.2, 0) is 0 Å². The molecule has 0 aliphatic heterocycles. The van der Waals surface area contributed by atoms with Gasteiger partial charge in [0.1, 0.15) is 0 Å². The van der Waals surface area contributed by atoms with Crippen LogP contribution in [0.2, 0.25) is 0 Å². The Bertz CT molecular complexity index is 2780. The Hall–Kier alpha value is -7.04. The van der Waals surface area contributed by atoms with E-state index in [1.54, 1.807) is 0 Å². The molecular formula is C48H34N4. The summed E-state index contributed by atoms with van der Waals surface area (Å²) in [6, 6.07) is 66.9. The first-order valence-corrected chi connectivity index (χ1v) is 17.7. The molecule has 52 heavy (non-hydrogen) atoms. The van der Waals surface area contributed by atoms with E-state index in [4.69, 9.17) is 0 Å². The summed E-state index contributed by atoms with van der Waals surface area (Å²) in [7, 11) is 0. The summed E-state index contributed by atoms with van der Waals surface area (Å²) in [6.07, 6.45) is 0. The number of anilines is 6. The van der Waals surface area contributed by atoms with Crippen molar-refractivity contribution in [2.75, 3.05) is 16.0 Å². The lowest BCUT2D eigenvalue weighted by atomic mass is 10.1. The molecule has 10 aromatic rings. The van der Waals surface area contributed by atoms with Crippen molar-refractivity contribution in [3.05, 3.63) is 188 Å². The molecule has 3 N–H and O–H groups in total. The first-order valence-electron chi connectivity index (χ1n) is 17.7. The Morgan fingerprint density at radius 1 is 0.288 bits per heavy atom. The molecule has 0 unspecified atom stereocenters. The molecule has 0 amide bonds. The summed E-state index contributed by atoms with van der Waals surface area (Å²) >= 11 is 0. The molecule has 0 aliphatic rings. The smallest absolute Gasteiger partial charge is 0.0542 e. The highest BCUT2D eigenvalue weighted by atomic mass is 15.0. The fourth-order valence-corrected chi connectivity index (χ4v) is 7.62. The van der Waals surface area contributed by atoms with Gasteiger partial charge in [-0.15, -0.1) is 0 Å². The van der Waals surface area contributed by atoms with Crippen LogP contribution in [0.25, 0.3) is 59.8 Å². The first kappa shape index (κ1) is 29.8. The minimum atomic E-state index is 1.05. The van der Waals surface area contributed by atoms with E-state index in [0.717, 1.165) is 50.8 Å². The number of fused-ring (bicyclic) bond motifs is 6. The fourth-order valence-electron chi connectivity index (χ4n) is 7.62. The van der Waals surface area contributed by atoms with E-state index in [1.807, 2.05) is 0 Å². The van der Waals surface area contributed by atoms with Crippen LogP contribution in [0.3, 0.4) is 0 Å². The van der Waals surface area contributed by atoms with Crippen molar-refractivity contribution in [3.63, 3.8) is 0 Å². The molecule has 0 aliphatic carbocycles. The molecule has 0 saturated heterocycles. The average molecular weight is 667 g/mol. The molecule has 4 nitrogen and oxygen atoms in total. The van der Waals surface area contributed by atoms with Gasteiger partial charge in [0.05, 0.1) is 11.0 Å². The maximum Gasteiger partial charge on any atom is 0.0542 e. The molecule has 246 valence electrons. The number of nitrogens with zero attached hydrogens (tertiary/aromatic N) is 1. The second-order valence-electron chi connectivity index (χ2n) is 13.3. The average Bonchev–Trinajstić information content (AvgIpc) is 3.51. The SMILES string of the molecule is c1ccc2c(Nc3ccc(-n4c5ccc(Nc6cccc7ccccc67)cc5c5cc(Nc6cccc7ccccc67)ccc54)cc3)cccc2c1. The van der Waals surface area contributed by atoms with Crippen molar-refractivity contribution in [2.45, 2.75) is 0 Å². The van der Waals surface area contributed by atoms with Crippen molar-refractivity contribution in [3.8, 4) is 5.69 Å². The third-order valence-electron chi connectivity index (χ3n) is 10.1. The van der Waals surface area contributed by atoms with E-state index < -0.39 is 0 Å². The lowest BCUT2D eigenvalue weighted by Crippen LogP contribution is -1.96. The summed E-state index contributed by atoms with van der Waals surface area (Å²) in [6.45, 7) is 0. The number of rotatable bonds is 7. The number of hydrogen-bond acceptors (Lipinski definition) is 3. The molecule has 9 aromatic carbocycles. The van der Waals surface area contributed by atoms with Crippen molar-refractivity contribution >= 4 is 88.2 Å². The Morgan fingerprint density at radius 2 is 0.654 bits per heavy atom. The predicted molar refractivity (Wildman–Crippen MR) is 222 cm³/mol. The van der Waals surface area contributed by atoms with Crippen molar-refractivity contribution in [1.82, 2.24) is 4.57 Å². The van der Waals surface area contributed by atoms with Gasteiger partial charge in [0.25, 0.3) is 0 Å². The Balaban J connectivity index is 1.08. The van der Waals surface area contributed by atoms with Gasteiger partial charge in [-0.05, 0) is 95.0 Å². The van der Waals surface area contributed by atoms with Gasteiger partial charge in [0.2, 0.25) is 0 Å². The fraction of sp³-hybridized carbons (Fsp3) is 0. The lowest BCUT2D eigenvalue weighted by Gasteiger charge is -2.13. The summed E-state index contributed by atoms with van der Waals surface area (Å²) < 4.78 is 2.37. The minimum absolute atomic E-state index is 1.05. The quantitative estimate of drug-likeness (QED) is 0.159. The van der Waals surface area contributed by atoms with Gasteiger partial charge >= 0.3 is 0 Å². The lowest BCUT2D eigenvalue weighted by molar-refractivity contribution is 1.18. The Labute approximate surface area is 301 Å². The van der Waals surface area contributed by atoms with Gasteiger partial charge in [-0.3, -0.25) is 0 Å². The molecule has 0 spiro atoms. The number of nitrogens with one attached hydrogen (secondary N) is 3. The molecule has 0 atom stereocenters. The van der Waals surface area contributed by atoms with Crippen LogP contribution in [0.15, 0.2) is 188 Å². The zero-order chi connectivity index (χ0) is 34.4. The van der Waals surface area contributed by atoms with E-state index >= 15 is 0 Å². The normalized spacial score (nSPS) is 11.5. The van der Waals surface area contributed by atoms with Crippen molar-refractivity contribution in [2.24, 2.45) is 0 Å². The zero-order valence-electron chi connectivity index (χ0n) is 28.3. The molecular weight excluding hydrogens is 633 g/mol. The van der Waals surface area contributed by atoms with Crippen LogP contribution in [0.1, 0.15) is 0 Å². The highest BCUT2D eigenvalue weighted by Crippen LogP contribution is 2.38. The topological polar surface area (TPSA) is 41.0 Å². The summed E-state index contributed by atoms with van der Waals surface area (Å²) in [4.78, 5) is 0. The van der Waals surface area contributed by atoms with Gasteiger partial charge in [-0.1, -0.05) is 109 Å². The van der Waals surface area contributed by atoms with Gasteiger partial charge in [0.15, 0.2) is 0 Å². The molecule has 0 fully saturated rings.